The zero-order valence-electron chi connectivity index (χ0n) is 19.1. The number of methoxy groups -OCH3 is 1. The summed E-state index contributed by atoms with van der Waals surface area (Å²) in [6.07, 6.45) is 1.60. The summed E-state index contributed by atoms with van der Waals surface area (Å²) in [6, 6.07) is 13.2. The van der Waals surface area contributed by atoms with Crippen LogP contribution < -0.4 is 14.9 Å². The predicted octanol–water partition coefficient (Wildman–Crippen LogP) is 3.44. The number of allylic oxidation sites excluding steroid dienone is 1. The first-order chi connectivity index (χ1) is 16.2. The number of nitro groups is 1. The summed E-state index contributed by atoms with van der Waals surface area (Å²) in [5, 5.41) is 11.1. The number of nitro benzene ring substituents is 1. The van der Waals surface area contributed by atoms with Gasteiger partial charge in [-0.25, -0.2) is 9.79 Å². The normalized spacial score (nSPS) is 15.8. The highest BCUT2D eigenvalue weighted by atomic mass is 32.1. The van der Waals surface area contributed by atoms with Crippen LogP contribution in [0.4, 0.5) is 5.69 Å². The van der Waals surface area contributed by atoms with E-state index in [0.29, 0.717) is 32.1 Å². The van der Waals surface area contributed by atoms with Crippen LogP contribution in [0.3, 0.4) is 0 Å². The minimum atomic E-state index is -0.697. The average Bonchev–Trinajstić information content (AvgIpc) is 3.12. The monoisotopic (exact) mass is 477 g/mol. The lowest BCUT2D eigenvalue weighted by Gasteiger charge is -2.24. The van der Waals surface area contributed by atoms with Crippen molar-refractivity contribution in [2.75, 3.05) is 7.11 Å². The van der Waals surface area contributed by atoms with Crippen molar-refractivity contribution < 1.29 is 14.5 Å². The van der Waals surface area contributed by atoms with E-state index in [-0.39, 0.29) is 11.2 Å². The fourth-order valence-corrected chi connectivity index (χ4v) is 5.00. The number of nitrogens with zero attached hydrogens (tertiary/aromatic N) is 3. The van der Waals surface area contributed by atoms with E-state index in [1.165, 1.54) is 35.1 Å². The number of hydrogen-bond donors (Lipinski definition) is 0. The van der Waals surface area contributed by atoms with Crippen molar-refractivity contribution in [3.63, 3.8) is 0 Å². The molecule has 0 saturated heterocycles. The van der Waals surface area contributed by atoms with Gasteiger partial charge in [0.2, 0.25) is 0 Å². The van der Waals surface area contributed by atoms with Gasteiger partial charge in [0.1, 0.15) is 0 Å². The van der Waals surface area contributed by atoms with Crippen LogP contribution >= 0.6 is 11.3 Å². The van der Waals surface area contributed by atoms with Crippen LogP contribution in [0, 0.1) is 10.1 Å². The molecule has 0 saturated carbocycles. The standard InChI is InChI=1S/C25H23N3O5S/c1-14(2)17-8-10-18(11-9-17)22-21(24(30)33-4)15(3)26-25-27(22)23(29)20(34-25)13-16-6-5-7-19(12-16)28(31)32/h5-14,22H,1-4H3/b20-13+. The molecular weight excluding hydrogens is 454 g/mol. The van der Waals surface area contributed by atoms with Crippen molar-refractivity contribution in [1.82, 2.24) is 4.57 Å². The van der Waals surface area contributed by atoms with Crippen molar-refractivity contribution in [2.45, 2.75) is 32.7 Å². The molecule has 0 amide bonds. The van der Waals surface area contributed by atoms with Crippen molar-refractivity contribution in [2.24, 2.45) is 4.99 Å². The van der Waals surface area contributed by atoms with Gasteiger partial charge in [-0.05, 0) is 35.6 Å². The number of thiazole rings is 1. The predicted molar refractivity (Wildman–Crippen MR) is 129 cm³/mol. The van der Waals surface area contributed by atoms with Gasteiger partial charge in [0.25, 0.3) is 11.2 Å². The Labute approximate surface area is 199 Å². The number of aromatic nitrogens is 1. The minimum Gasteiger partial charge on any atom is -0.466 e. The number of non-ortho nitro benzene ring substituents is 1. The molecule has 1 aliphatic rings. The van der Waals surface area contributed by atoms with Crippen molar-refractivity contribution in [3.8, 4) is 0 Å². The number of ether oxygens (including phenoxy) is 1. The fourth-order valence-electron chi connectivity index (χ4n) is 3.95. The molecule has 2 heterocycles. The Morgan fingerprint density at radius 1 is 1.24 bits per heavy atom. The molecule has 8 nitrogen and oxygen atoms in total. The first-order valence-electron chi connectivity index (χ1n) is 10.7. The van der Waals surface area contributed by atoms with Crippen LogP contribution in [0.25, 0.3) is 6.08 Å². The van der Waals surface area contributed by atoms with Gasteiger partial charge in [-0.2, -0.15) is 0 Å². The van der Waals surface area contributed by atoms with Crippen molar-refractivity contribution >= 4 is 29.1 Å². The van der Waals surface area contributed by atoms with Gasteiger partial charge in [-0.1, -0.05) is 61.6 Å². The van der Waals surface area contributed by atoms with Crippen LogP contribution in [0.15, 0.2) is 69.6 Å². The smallest absolute Gasteiger partial charge is 0.338 e. The van der Waals surface area contributed by atoms with E-state index in [9.17, 15) is 19.7 Å². The molecule has 34 heavy (non-hydrogen) atoms. The van der Waals surface area contributed by atoms with Gasteiger partial charge in [-0.15, -0.1) is 0 Å². The van der Waals surface area contributed by atoms with E-state index in [1.54, 1.807) is 25.1 Å². The summed E-state index contributed by atoms with van der Waals surface area (Å²) >= 11 is 1.17. The topological polar surface area (TPSA) is 104 Å². The van der Waals surface area contributed by atoms with E-state index in [0.717, 1.165) is 11.1 Å². The van der Waals surface area contributed by atoms with E-state index in [4.69, 9.17) is 4.74 Å². The lowest BCUT2D eigenvalue weighted by Crippen LogP contribution is -2.39. The summed E-state index contributed by atoms with van der Waals surface area (Å²) in [5.41, 5.74) is 2.82. The molecule has 2 aromatic carbocycles. The largest absolute Gasteiger partial charge is 0.466 e. The van der Waals surface area contributed by atoms with Crippen LogP contribution in [0.1, 0.15) is 49.4 Å². The maximum absolute atomic E-state index is 13.5. The molecule has 0 aliphatic carbocycles. The Balaban J connectivity index is 1.93. The number of hydrogen-bond acceptors (Lipinski definition) is 7. The Kier molecular flexibility index (Phi) is 6.30. The second-order valence-electron chi connectivity index (χ2n) is 8.25. The second kappa shape index (κ2) is 9.18. The minimum absolute atomic E-state index is 0.0616. The summed E-state index contributed by atoms with van der Waals surface area (Å²) in [5.74, 6) is -0.213. The van der Waals surface area contributed by atoms with Crippen LogP contribution in [0.5, 0.6) is 0 Å². The molecule has 1 aliphatic heterocycles. The molecule has 1 aromatic heterocycles. The summed E-state index contributed by atoms with van der Waals surface area (Å²) in [4.78, 5) is 41.9. The zero-order chi connectivity index (χ0) is 24.6. The third-order valence-electron chi connectivity index (χ3n) is 5.72. The number of fused-ring (bicyclic) bond motifs is 1. The molecule has 0 spiro atoms. The van der Waals surface area contributed by atoms with E-state index in [1.807, 2.05) is 24.3 Å². The van der Waals surface area contributed by atoms with Crippen molar-refractivity contribution in [1.29, 1.82) is 0 Å². The Hall–Kier alpha value is -3.85. The van der Waals surface area contributed by atoms with Gasteiger partial charge in [0, 0.05) is 12.1 Å². The molecular formula is C25H23N3O5S. The van der Waals surface area contributed by atoms with Crippen LogP contribution in [0.2, 0.25) is 0 Å². The Morgan fingerprint density at radius 3 is 2.56 bits per heavy atom. The molecule has 9 heteroatoms. The van der Waals surface area contributed by atoms with Crippen LogP contribution in [-0.4, -0.2) is 22.6 Å². The van der Waals surface area contributed by atoms with E-state index >= 15 is 0 Å². The van der Waals surface area contributed by atoms with E-state index in [2.05, 4.69) is 18.8 Å². The van der Waals surface area contributed by atoms with Gasteiger partial charge in [0.05, 0.1) is 33.9 Å². The average molecular weight is 478 g/mol. The molecule has 174 valence electrons. The summed E-state index contributed by atoms with van der Waals surface area (Å²) in [6.45, 7) is 5.91. The third kappa shape index (κ3) is 4.22. The SMILES string of the molecule is COC(=O)C1=C(C)N=c2s/c(=C/c3cccc([N+](=O)[O-])c3)c(=O)n2C1c1ccc(C(C)C)cc1. The molecule has 4 rings (SSSR count). The highest BCUT2D eigenvalue weighted by molar-refractivity contribution is 7.07. The highest BCUT2D eigenvalue weighted by Gasteiger charge is 2.33. The first-order valence-corrected chi connectivity index (χ1v) is 11.5. The molecule has 1 atom stereocenters. The maximum atomic E-state index is 13.5. The number of esters is 1. The second-order valence-corrected chi connectivity index (χ2v) is 9.26. The number of carbonyl (C=O) groups is 1. The number of carbonyl (C=O) groups excluding carboxylic acids is 1. The maximum Gasteiger partial charge on any atom is 0.338 e. The molecule has 3 aromatic rings. The summed E-state index contributed by atoms with van der Waals surface area (Å²) in [7, 11) is 1.30. The molecule has 0 fully saturated rings. The number of rotatable bonds is 5. The lowest BCUT2D eigenvalue weighted by atomic mass is 9.93. The van der Waals surface area contributed by atoms with Gasteiger partial charge in [0.15, 0.2) is 4.80 Å². The molecule has 0 N–H and O–H groups in total. The quantitative estimate of drug-likeness (QED) is 0.318. The zero-order valence-corrected chi connectivity index (χ0v) is 20.0. The fraction of sp³-hybridized carbons (Fsp3) is 0.240. The molecule has 0 radical (unpaired) electrons. The van der Waals surface area contributed by atoms with Gasteiger partial charge in [-0.3, -0.25) is 19.5 Å². The highest BCUT2D eigenvalue weighted by Crippen LogP contribution is 2.31. The lowest BCUT2D eigenvalue weighted by molar-refractivity contribution is -0.384. The van der Waals surface area contributed by atoms with Crippen molar-refractivity contribution in [3.05, 3.63) is 106 Å². The first kappa shape index (κ1) is 23.3. The molecule has 1 unspecified atom stereocenters. The summed E-state index contributed by atoms with van der Waals surface area (Å²) < 4.78 is 6.89. The number of benzene rings is 2. The third-order valence-corrected chi connectivity index (χ3v) is 6.71. The van der Waals surface area contributed by atoms with E-state index < -0.39 is 16.9 Å². The van der Waals surface area contributed by atoms with Gasteiger partial charge < -0.3 is 4.74 Å². The Morgan fingerprint density at radius 2 is 1.94 bits per heavy atom. The Bertz CT molecular complexity index is 1500. The van der Waals surface area contributed by atoms with Crippen LogP contribution in [-0.2, 0) is 9.53 Å². The molecule has 0 bridgehead atoms. The van der Waals surface area contributed by atoms with Gasteiger partial charge >= 0.3 is 5.97 Å².